The first-order valence-electron chi connectivity index (χ1n) is 3.58. The number of carbonyl (C=O) groups is 1. The summed E-state index contributed by atoms with van der Waals surface area (Å²) < 4.78 is 0. The topological polar surface area (TPSA) is 66.9 Å². The summed E-state index contributed by atoms with van der Waals surface area (Å²) in [5.41, 5.74) is 7.07. The third-order valence-corrected chi connectivity index (χ3v) is 2.38. The van der Waals surface area contributed by atoms with E-state index in [4.69, 9.17) is 11.0 Å². The molecule has 0 amide bonds. The number of rotatable bonds is 2. The van der Waals surface area contributed by atoms with E-state index in [1.807, 2.05) is 6.07 Å². The van der Waals surface area contributed by atoms with Crippen LogP contribution in [0, 0.1) is 11.3 Å². The highest BCUT2D eigenvalue weighted by Crippen LogP contribution is 2.23. The van der Waals surface area contributed by atoms with Gasteiger partial charge in [0.25, 0.3) is 0 Å². The molecule has 0 fully saturated rings. The van der Waals surface area contributed by atoms with Crippen molar-refractivity contribution in [2.75, 3.05) is 5.73 Å². The van der Waals surface area contributed by atoms with Crippen LogP contribution in [0.3, 0.4) is 0 Å². The molecule has 1 unspecified atom stereocenters. The van der Waals surface area contributed by atoms with Gasteiger partial charge in [-0.2, -0.15) is 5.26 Å². The molecule has 3 nitrogen and oxygen atoms in total. The molecule has 0 aliphatic rings. The first kappa shape index (κ1) is 9.75. The zero-order valence-electron chi connectivity index (χ0n) is 6.70. The van der Waals surface area contributed by atoms with Crippen molar-refractivity contribution in [2.45, 2.75) is 4.83 Å². The second kappa shape index (κ2) is 4.06. The Labute approximate surface area is 84.3 Å². The average molecular weight is 239 g/mol. The number of nitriles is 1. The number of hydrogen-bond donors (Lipinski definition) is 1. The number of benzene rings is 1. The molecule has 0 saturated heterocycles. The number of carbonyl (C=O) groups excluding carboxylic acids is 1. The van der Waals surface area contributed by atoms with Crippen LogP contribution in [0.2, 0.25) is 0 Å². The summed E-state index contributed by atoms with van der Waals surface area (Å²) in [6.07, 6.45) is 0.757. The van der Waals surface area contributed by atoms with Gasteiger partial charge in [0.05, 0.1) is 10.4 Å². The van der Waals surface area contributed by atoms with Crippen LogP contribution in [-0.2, 0) is 4.79 Å². The van der Waals surface area contributed by atoms with Gasteiger partial charge in [-0.05, 0) is 17.7 Å². The minimum atomic E-state index is -0.375. The predicted molar refractivity (Wildman–Crippen MR) is 53.3 cm³/mol. The maximum Gasteiger partial charge on any atom is 0.138 e. The Morgan fingerprint density at radius 1 is 1.62 bits per heavy atom. The number of nitrogens with zero attached hydrogens (tertiary/aromatic N) is 1. The van der Waals surface area contributed by atoms with E-state index in [0.717, 1.165) is 11.8 Å². The highest BCUT2D eigenvalue weighted by Gasteiger charge is 2.07. The molecule has 1 aromatic carbocycles. The zero-order chi connectivity index (χ0) is 9.84. The Balaban J connectivity index is 3.15. The van der Waals surface area contributed by atoms with E-state index in [1.54, 1.807) is 18.2 Å². The number of halogens is 1. The van der Waals surface area contributed by atoms with Gasteiger partial charge in [0.1, 0.15) is 12.4 Å². The Bertz CT molecular complexity index is 370. The number of nitrogen functional groups attached to an aromatic ring is 1. The molecule has 0 saturated carbocycles. The Kier molecular flexibility index (Phi) is 3.04. The second-order valence-electron chi connectivity index (χ2n) is 2.50. The van der Waals surface area contributed by atoms with Gasteiger partial charge >= 0.3 is 0 Å². The molecule has 66 valence electrons. The standard InChI is InChI=1S/C9H7BrN2O/c10-8(5-13)6-1-2-9(12)7(3-6)4-11/h1-3,5,8H,12H2. The fraction of sp³-hybridized carbons (Fsp3) is 0.111. The second-order valence-corrected chi connectivity index (χ2v) is 3.48. The zero-order valence-corrected chi connectivity index (χ0v) is 8.28. The van der Waals surface area contributed by atoms with Crippen molar-refractivity contribution in [1.29, 1.82) is 5.26 Å². The van der Waals surface area contributed by atoms with Crippen molar-refractivity contribution in [3.05, 3.63) is 29.3 Å². The summed E-state index contributed by atoms with van der Waals surface area (Å²) in [5, 5.41) is 8.66. The van der Waals surface area contributed by atoms with Crippen LogP contribution in [-0.4, -0.2) is 6.29 Å². The predicted octanol–water partition coefficient (Wildman–Crippen LogP) is 1.78. The van der Waals surface area contributed by atoms with Crippen molar-refractivity contribution in [1.82, 2.24) is 0 Å². The van der Waals surface area contributed by atoms with E-state index in [1.165, 1.54) is 0 Å². The molecule has 4 heteroatoms. The molecule has 0 aliphatic carbocycles. The van der Waals surface area contributed by atoms with Gasteiger partial charge in [-0.3, -0.25) is 0 Å². The van der Waals surface area contributed by atoms with Crippen LogP contribution in [0.25, 0.3) is 0 Å². The molecule has 0 aliphatic heterocycles. The molecule has 1 rings (SSSR count). The average Bonchev–Trinajstić information content (AvgIpc) is 2.17. The van der Waals surface area contributed by atoms with Gasteiger partial charge in [0.15, 0.2) is 0 Å². The molecular formula is C9H7BrN2O. The normalized spacial score (nSPS) is 11.7. The molecule has 13 heavy (non-hydrogen) atoms. The van der Waals surface area contributed by atoms with Crippen LogP contribution in [0.5, 0.6) is 0 Å². The third kappa shape index (κ3) is 2.07. The van der Waals surface area contributed by atoms with Crippen molar-refractivity contribution in [2.24, 2.45) is 0 Å². The minimum absolute atomic E-state index is 0.375. The fourth-order valence-electron chi connectivity index (χ4n) is 0.921. The van der Waals surface area contributed by atoms with Gasteiger partial charge in [-0.15, -0.1) is 0 Å². The lowest BCUT2D eigenvalue weighted by atomic mass is 10.1. The van der Waals surface area contributed by atoms with E-state index in [9.17, 15) is 4.79 Å². The Hall–Kier alpha value is -1.34. The van der Waals surface area contributed by atoms with E-state index >= 15 is 0 Å². The Morgan fingerprint density at radius 3 is 2.85 bits per heavy atom. The van der Waals surface area contributed by atoms with Crippen LogP contribution in [0.4, 0.5) is 5.69 Å². The summed E-state index contributed by atoms with van der Waals surface area (Å²) in [7, 11) is 0. The van der Waals surface area contributed by atoms with E-state index in [0.29, 0.717) is 11.3 Å². The number of aldehydes is 1. The lowest BCUT2D eigenvalue weighted by molar-refractivity contribution is -0.107. The first-order chi connectivity index (χ1) is 6.19. The lowest BCUT2D eigenvalue weighted by Gasteiger charge is -2.03. The number of hydrogen-bond acceptors (Lipinski definition) is 3. The number of alkyl halides is 1. The van der Waals surface area contributed by atoms with Gasteiger partial charge in [0.2, 0.25) is 0 Å². The van der Waals surface area contributed by atoms with Crippen LogP contribution >= 0.6 is 15.9 Å². The highest BCUT2D eigenvalue weighted by atomic mass is 79.9. The smallest absolute Gasteiger partial charge is 0.138 e. The summed E-state index contributed by atoms with van der Waals surface area (Å²) in [6.45, 7) is 0. The molecule has 0 aromatic heterocycles. The fourth-order valence-corrected chi connectivity index (χ4v) is 1.21. The van der Waals surface area contributed by atoms with Crippen LogP contribution < -0.4 is 5.73 Å². The van der Waals surface area contributed by atoms with Crippen molar-refractivity contribution >= 4 is 27.9 Å². The first-order valence-corrected chi connectivity index (χ1v) is 4.49. The molecule has 0 bridgehead atoms. The molecule has 0 heterocycles. The quantitative estimate of drug-likeness (QED) is 0.485. The minimum Gasteiger partial charge on any atom is -0.398 e. The number of anilines is 1. The monoisotopic (exact) mass is 238 g/mol. The van der Waals surface area contributed by atoms with E-state index < -0.39 is 0 Å². The van der Waals surface area contributed by atoms with Crippen LogP contribution in [0.1, 0.15) is 16.0 Å². The maximum absolute atomic E-state index is 10.4. The molecular weight excluding hydrogens is 232 g/mol. The SMILES string of the molecule is N#Cc1cc(C(Br)C=O)ccc1N. The molecule has 1 aromatic rings. The summed E-state index contributed by atoms with van der Waals surface area (Å²) >= 11 is 3.15. The van der Waals surface area contributed by atoms with Gasteiger partial charge in [-0.1, -0.05) is 22.0 Å². The lowest BCUT2D eigenvalue weighted by Crippen LogP contribution is -1.95. The summed E-state index contributed by atoms with van der Waals surface area (Å²) in [6, 6.07) is 6.88. The van der Waals surface area contributed by atoms with Crippen molar-refractivity contribution in [3.8, 4) is 6.07 Å². The number of nitrogens with two attached hydrogens (primary N) is 1. The van der Waals surface area contributed by atoms with Gasteiger partial charge in [-0.25, -0.2) is 0 Å². The summed E-state index contributed by atoms with van der Waals surface area (Å²) in [4.78, 5) is 10.1. The highest BCUT2D eigenvalue weighted by molar-refractivity contribution is 9.09. The third-order valence-electron chi connectivity index (χ3n) is 1.64. The van der Waals surface area contributed by atoms with Crippen LogP contribution in [0.15, 0.2) is 18.2 Å². The molecule has 2 N–H and O–H groups in total. The van der Waals surface area contributed by atoms with Crippen molar-refractivity contribution < 1.29 is 4.79 Å². The van der Waals surface area contributed by atoms with E-state index in [-0.39, 0.29) is 4.83 Å². The van der Waals surface area contributed by atoms with Gasteiger partial charge < -0.3 is 10.5 Å². The maximum atomic E-state index is 10.4. The van der Waals surface area contributed by atoms with Gasteiger partial charge in [0, 0.05) is 5.69 Å². The van der Waals surface area contributed by atoms with E-state index in [2.05, 4.69) is 15.9 Å². The largest absolute Gasteiger partial charge is 0.398 e. The molecule has 0 spiro atoms. The van der Waals surface area contributed by atoms with Crippen molar-refractivity contribution in [3.63, 3.8) is 0 Å². The Morgan fingerprint density at radius 2 is 2.31 bits per heavy atom. The molecule has 1 atom stereocenters. The molecule has 0 radical (unpaired) electrons. The summed E-state index contributed by atoms with van der Waals surface area (Å²) in [5.74, 6) is 0.